The number of likely N-dealkylation sites (tertiary alicyclic amines) is 1. The number of anilines is 1. The number of carbonyl (C=O) groups excluding carboxylic acids is 1. The van der Waals surface area contributed by atoms with Crippen LogP contribution in [0.2, 0.25) is 0 Å². The Morgan fingerprint density at radius 3 is 2.70 bits per heavy atom. The summed E-state index contributed by atoms with van der Waals surface area (Å²) >= 11 is 0. The maximum absolute atomic E-state index is 11.1. The lowest BCUT2D eigenvalue weighted by atomic mass is 9.99. The highest BCUT2D eigenvalue weighted by Gasteiger charge is 2.32. The molecule has 2 aliphatic heterocycles. The van der Waals surface area contributed by atoms with Crippen molar-refractivity contribution in [3.05, 3.63) is 17.6 Å². The summed E-state index contributed by atoms with van der Waals surface area (Å²) in [6, 6.07) is 2.29. The van der Waals surface area contributed by atoms with Gasteiger partial charge in [-0.25, -0.2) is 9.97 Å². The standard InChI is InChI=1S/C14H21N5O/c1-10-16-11(12-4-7-19(12)9-13(15)20)8-14(17-10)18-5-2-3-6-18/h8,12H,2-7,9H2,1H3,(H2,15,20). The van der Waals surface area contributed by atoms with Crippen LogP contribution in [-0.4, -0.2) is 47.0 Å². The largest absolute Gasteiger partial charge is 0.369 e. The van der Waals surface area contributed by atoms with Gasteiger partial charge in [0.25, 0.3) is 0 Å². The van der Waals surface area contributed by atoms with Crippen molar-refractivity contribution >= 4 is 11.7 Å². The maximum atomic E-state index is 11.1. The monoisotopic (exact) mass is 275 g/mol. The van der Waals surface area contributed by atoms with E-state index in [-0.39, 0.29) is 11.9 Å². The fourth-order valence-corrected chi connectivity index (χ4v) is 3.02. The minimum absolute atomic E-state index is 0.213. The molecule has 0 aliphatic carbocycles. The Bertz CT molecular complexity index is 512. The molecule has 3 rings (SSSR count). The van der Waals surface area contributed by atoms with E-state index in [4.69, 9.17) is 5.73 Å². The molecular weight excluding hydrogens is 254 g/mol. The summed E-state index contributed by atoms with van der Waals surface area (Å²) in [7, 11) is 0. The minimum Gasteiger partial charge on any atom is -0.369 e. The summed E-state index contributed by atoms with van der Waals surface area (Å²) in [5.41, 5.74) is 6.30. The molecule has 0 saturated carbocycles. The van der Waals surface area contributed by atoms with Crippen LogP contribution in [0.15, 0.2) is 6.07 Å². The van der Waals surface area contributed by atoms with Gasteiger partial charge in [-0.05, 0) is 26.2 Å². The third-order valence-corrected chi connectivity index (χ3v) is 4.11. The first kappa shape index (κ1) is 13.3. The van der Waals surface area contributed by atoms with Gasteiger partial charge in [-0.1, -0.05) is 0 Å². The highest BCUT2D eigenvalue weighted by molar-refractivity contribution is 5.76. The summed E-state index contributed by atoms with van der Waals surface area (Å²) in [5.74, 6) is 1.55. The third-order valence-electron chi connectivity index (χ3n) is 4.11. The average molecular weight is 275 g/mol. The Kier molecular flexibility index (Phi) is 3.56. The molecule has 0 bridgehead atoms. The molecule has 1 atom stereocenters. The summed E-state index contributed by atoms with van der Waals surface area (Å²) in [4.78, 5) is 24.6. The van der Waals surface area contributed by atoms with Crippen LogP contribution < -0.4 is 10.6 Å². The maximum Gasteiger partial charge on any atom is 0.231 e. The number of primary amides is 1. The van der Waals surface area contributed by atoms with Gasteiger partial charge >= 0.3 is 0 Å². The molecule has 6 nitrogen and oxygen atoms in total. The normalized spacial score (nSPS) is 22.9. The lowest BCUT2D eigenvalue weighted by Gasteiger charge is -2.39. The van der Waals surface area contributed by atoms with Crippen LogP contribution in [0, 0.1) is 6.92 Å². The zero-order chi connectivity index (χ0) is 14.1. The first-order valence-electron chi connectivity index (χ1n) is 7.26. The molecule has 2 N–H and O–H groups in total. The van der Waals surface area contributed by atoms with E-state index in [1.807, 2.05) is 6.92 Å². The SMILES string of the molecule is Cc1nc(C2CCN2CC(N)=O)cc(N2CCCC2)n1. The number of aromatic nitrogens is 2. The fourth-order valence-electron chi connectivity index (χ4n) is 3.02. The fraction of sp³-hybridized carbons (Fsp3) is 0.643. The molecular formula is C14H21N5O. The number of hydrogen-bond acceptors (Lipinski definition) is 5. The number of carbonyl (C=O) groups is 1. The highest BCUT2D eigenvalue weighted by Crippen LogP contribution is 2.33. The lowest BCUT2D eigenvalue weighted by molar-refractivity contribution is -0.121. The second-order valence-corrected chi connectivity index (χ2v) is 5.63. The Morgan fingerprint density at radius 1 is 1.35 bits per heavy atom. The van der Waals surface area contributed by atoms with Gasteiger partial charge in [0, 0.05) is 25.7 Å². The van der Waals surface area contributed by atoms with Crippen LogP contribution in [0.4, 0.5) is 5.82 Å². The van der Waals surface area contributed by atoms with Gasteiger partial charge in [0.15, 0.2) is 0 Å². The highest BCUT2D eigenvalue weighted by atomic mass is 16.1. The number of nitrogens with zero attached hydrogens (tertiary/aromatic N) is 4. The molecule has 6 heteroatoms. The molecule has 1 aromatic rings. The number of rotatable bonds is 4. The molecule has 20 heavy (non-hydrogen) atoms. The van der Waals surface area contributed by atoms with Gasteiger partial charge in [-0.15, -0.1) is 0 Å². The van der Waals surface area contributed by atoms with Crippen LogP contribution in [0.1, 0.15) is 36.8 Å². The molecule has 1 unspecified atom stereocenters. The second kappa shape index (κ2) is 5.36. The van der Waals surface area contributed by atoms with Crippen molar-refractivity contribution in [1.82, 2.24) is 14.9 Å². The van der Waals surface area contributed by atoms with Crippen molar-refractivity contribution in [2.24, 2.45) is 5.73 Å². The zero-order valence-electron chi connectivity index (χ0n) is 11.9. The van der Waals surface area contributed by atoms with Crippen molar-refractivity contribution in [3.8, 4) is 0 Å². The first-order valence-corrected chi connectivity index (χ1v) is 7.26. The molecule has 2 aliphatic rings. The zero-order valence-corrected chi connectivity index (χ0v) is 11.9. The number of aryl methyl sites for hydroxylation is 1. The van der Waals surface area contributed by atoms with E-state index >= 15 is 0 Å². The molecule has 0 aromatic carbocycles. The Morgan fingerprint density at radius 2 is 2.10 bits per heavy atom. The van der Waals surface area contributed by atoms with Gasteiger partial charge in [0.2, 0.25) is 5.91 Å². The first-order chi connectivity index (χ1) is 9.63. The summed E-state index contributed by atoms with van der Waals surface area (Å²) in [6.07, 6.45) is 3.49. The van der Waals surface area contributed by atoms with Crippen molar-refractivity contribution in [2.45, 2.75) is 32.2 Å². The van der Waals surface area contributed by atoms with Gasteiger partial charge in [-0.3, -0.25) is 9.69 Å². The van der Waals surface area contributed by atoms with Crippen LogP contribution in [0.3, 0.4) is 0 Å². The topological polar surface area (TPSA) is 75.4 Å². The van der Waals surface area contributed by atoms with Crippen LogP contribution >= 0.6 is 0 Å². The van der Waals surface area contributed by atoms with Gasteiger partial charge in [0.1, 0.15) is 11.6 Å². The summed E-state index contributed by atoms with van der Waals surface area (Å²) in [6.45, 7) is 5.31. The predicted molar refractivity (Wildman–Crippen MR) is 76.3 cm³/mol. The smallest absolute Gasteiger partial charge is 0.231 e. The lowest BCUT2D eigenvalue weighted by Crippen LogP contribution is -2.46. The summed E-state index contributed by atoms with van der Waals surface area (Å²) < 4.78 is 0. The van der Waals surface area contributed by atoms with Crippen molar-refractivity contribution < 1.29 is 4.79 Å². The van der Waals surface area contributed by atoms with Gasteiger partial charge in [0.05, 0.1) is 18.3 Å². The number of amides is 1. The van der Waals surface area contributed by atoms with Crippen molar-refractivity contribution in [2.75, 3.05) is 31.1 Å². The van der Waals surface area contributed by atoms with E-state index in [1.165, 1.54) is 12.8 Å². The van der Waals surface area contributed by atoms with Crippen LogP contribution in [0.5, 0.6) is 0 Å². The molecule has 108 valence electrons. The van der Waals surface area contributed by atoms with E-state index < -0.39 is 0 Å². The molecule has 0 radical (unpaired) electrons. The third kappa shape index (κ3) is 2.60. The van der Waals surface area contributed by atoms with Crippen molar-refractivity contribution in [3.63, 3.8) is 0 Å². The molecule has 2 saturated heterocycles. The van der Waals surface area contributed by atoms with Crippen LogP contribution in [0.25, 0.3) is 0 Å². The predicted octanol–water partition coefficient (Wildman–Crippen LogP) is 0.617. The molecule has 1 aromatic heterocycles. The molecule has 3 heterocycles. The molecule has 0 spiro atoms. The van der Waals surface area contributed by atoms with Crippen molar-refractivity contribution in [1.29, 1.82) is 0 Å². The van der Waals surface area contributed by atoms with Crippen LogP contribution in [-0.2, 0) is 4.79 Å². The van der Waals surface area contributed by atoms with E-state index in [2.05, 4.69) is 25.8 Å². The minimum atomic E-state index is -0.278. The van der Waals surface area contributed by atoms with E-state index in [9.17, 15) is 4.79 Å². The van der Waals surface area contributed by atoms with E-state index in [0.717, 1.165) is 43.4 Å². The number of hydrogen-bond donors (Lipinski definition) is 1. The van der Waals surface area contributed by atoms with Gasteiger partial charge < -0.3 is 10.6 Å². The van der Waals surface area contributed by atoms with E-state index in [1.54, 1.807) is 0 Å². The van der Waals surface area contributed by atoms with Gasteiger partial charge in [-0.2, -0.15) is 0 Å². The molecule has 1 amide bonds. The quantitative estimate of drug-likeness (QED) is 0.871. The van der Waals surface area contributed by atoms with E-state index in [0.29, 0.717) is 6.54 Å². The average Bonchev–Trinajstić information content (AvgIpc) is 2.87. The second-order valence-electron chi connectivity index (χ2n) is 5.63. The summed E-state index contributed by atoms with van der Waals surface area (Å²) in [5, 5.41) is 0. The Balaban J connectivity index is 1.80. The Hall–Kier alpha value is -1.69. The Labute approximate surface area is 119 Å². The molecule has 2 fully saturated rings. The number of nitrogens with two attached hydrogens (primary N) is 1.